The fraction of sp³-hybridized carbons (Fsp3) is 0.200. The molecule has 1 aromatic rings. The fourth-order valence-electron chi connectivity index (χ4n) is 1.27. The number of nitriles is 1. The third-order valence-corrected chi connectivity index (χ3v) is 2.91. The number of carboxylic acids is 1. The second kappa shape index (κ2) is 5.50. The van der Waals surface area contributed by atoms with Crippen molar-refractivity contribution in [3.8, 4) is 6.07 Å². The van der Waals surface area contributed by atoms with Crippen LogP contribution >= 0.6 is 23.4 Å². The van der Waals surface area contributed by atoms with Crippen LogP contribution in [0.25, 0.3) is 0 Å². The molecule has 0 fully saturated rings. The van der Waals surface area contributed by atoms with Crippen molar-refractivity contribution in [1.82, 2.24) is 0 Å². The maximum atomic E-state index is 12.2. The molecule has 0 saturated heterocycles. The Labute approximate surface area is 109 Å². The summed E-state index contributed by atoms with van der Waals surface area (Å²) in [5.41, 5.74) is -5.10. The predicted octanol–water partition coefficient (Wildman–Crippen LogP) is 3.61. The summed E-state index contributed by atoms with van der Waals surface area (Å²) >= 11 is 5.03. The van der Waals surface area contributed by atoms with Crippen molar-refractivity contribution in [2.45, 2.75) is 16.3 Å². The number of nitrogens with zero attached hydrogens (tertiary/aromatic N) is 1. The molecule has 96 valence electrons. The monoisotopic (exact) mass is 295 g/mol. The second-order valence-corrected chi connectivity index (χ2v) is 4.50. The lowest BCUT2D eigenvalue weighted by molar-refractivity contribution is -0.0328. The Morgan fingerprint density at radius 1 is 1.50 bits per heavy atom. The van der Waals surface area contributed by atoms with Gasteiger partial charge in [-0.1, -0.05) is 0 Å². The van der Waals surface area contributed by atoms with Crippen molar-refractivity contribution in [1.29, 1.82) is 5.26 Å². The molecule has 0 atom stereocenters. The smallest absolute Gasteiger partial charge is 0.446 e. The SMILES string of the molecule is N#Cc1cc(SC(F)(F)F)cc(C(=O)O)c1CCl. The molecule has 1 N–H and O–H groups in total. The molecular weight excluding hydrogens is 291 g/mol. The third-order valence-electron chi connectivity index (χ3n) is 1.94. The van der Waals surface area contributed by atoms with Gasteiger partial charge in [0.1, 0.15) is 0 Å². The summed E-state index contributed by atoms with van der Waals surface area (Å²) in [6, 6.07) is 3.47. The quantitative estimate of drug-likeness (QED) is 0.683. The number of hydrogen-bond acceptors (Lipinski definition) is 3. The van der Waals surface area contributed by atoms with Crippen molar-refractivity contribution in [2.75, 3.05) is 0 Å². The Balaban J connectivity index is 3.38. The summed E-state index contributed by atoms with van der Waals surface area (Å²) in [5, 5.41) is 17.7. The zero-order valence-electron chi connectivity index (χ0n) is 8.58. The first-order valence-electron chi connectivity index (χ1n) is 4.40. The van der Waals surface area contributed by atoms with E-state index in [-0.39, 0.29) is 21.9 Å². The number of halogens is 4. The number of carboxylic acid groups (broad SMARTS) is 1. The summed E-state index contributed by atoms with van der Waals surface area (Å²) in [4.78, 5) is 10.6. The summed E-state index contributed by atoms with van der Waals surface area (Å²) in [6.07, 6.45) is 0. The molecule has 0 aliphatic heterocycles. The van der Waals surface area contributed by atoms with E-state index in [9.17, 15) is 18.0 Å². The Morgan fingerprint density at radius 3 is 2.50 bits per heavy atom. The Bertz CT molecular complexity index is 525. The van der Waals surface area contributed by atoms with Gasteiger partial charge in [0, 0.05) is 10.8 Å². The highest BCUT2D eigenvalue weighted by atomic mass is 35.5. The standard InChI is InChI=1S/C10H5ClF3NO2S/c11-3-8-5(4-15)1-6(18-10(12,13)14)2-7(8)9(16)17/h1-2H,3H2,(H,16,17). The average Bonchev–Trinajstić information content (AvgIpc) is 2.25. The Morgan fingerprint density at radius 2 is 2.11 bits per heavy atom. The van der Waals surface area contributed by atoms with E-state index in [0.29, 0.717) is 0 Å². The first-order valence-corrected chi connectivity index (χ1v) is 5.75. The minimum atomic E-state index is -4.55. The van der Waals surface area contributed by atoms with E-state index in [2.05, 4.69) is 0 Å². The molecule has 1 rings (SSSR count). The molecule has 3 nitrogen and oxygen atoms in total. The van der Waals surface area contributed by atoms with Gasteiger partial charge in [0.05, 0.1) is 17.2 Å². The van der Waals surface area contributed by atoms with Crippen LogP contribution in [0.1, 0.15) is 21.5 Å². The fourth-order valence-corrected chi connectivity index (χ4v) is 2.18. The van der Waals surface area contributed by atoms with Crippen molar-refractivity contribution >= 4 is 29.3 Å². The topological polar surface area (TPSA) is 61.1 Å². The van der Waals surface area contributed by atoms with E-state index in [1.807, 2.05) is 0 Å². The lowest BCUT2D eigenvalue weighted by atomic mass is 10.0. The third kappa shape index (κ3) is 3.55. The predicted molar refractivity (Wildman–Crippen MR) is 59.6 cm³/mol. The molecule has 0 aliphatic carbocycles. The van der Waals surface area contributed by atoms with Gasteiger partial charge >= 0.3 is 11.5 Å². The molecule has 1 aromatic carbocycles. The normalized spacial score (nSPS) is 11.1. The van der Waals surface area contributed by atoms with Crippen LogP contribution < -0.4 is 0 Å². The minimum Gasteiger partial charge on any atom is -0.478 e. The molecule has 0 spiro atoms. The van der Waals surface area contributed by atoms with E-state index in [1.54, 1.807) is 6.07 Å². The summed E-state index contributed by atoms with van der Waals surface area (Å²) in [7, 11) is 0. The van der Waals surface area contributed by atoms with Gasteiger partial charge in [-0.05, 0) is 29.5 Å². The maximum Gasteiger partial charge on any atom is 0.446 e. The molecule has 0 aromatic heterocycles. The number of hydrogen-bond donors (Lipinski definition) is 1. The molecular formula is C10H5ClF3NO2S. The van der Waals surface area contributed by atoms with Crippen LogP contribution in [0.2, 0.25) is 0 Å². The number of benzene rings is 1. The first kappa shape index (κ1) is 14.7. The molecule has 0 bridgehead atoms. The van der Waals surface area contributed by atoms with Crippen LogP contribution in [0.15, 0.2) is 17.0 Å². The highest BCUT2D eigenvalue weighted by molar-refractivity contribution is 8.00. The van der Waals surface area contributed by atoms with Gasteiger partial charge in [0.25, 0.3) is 0 Å². The number of aromatic carboxylic acids is 1. The van der Waals surface area contributed by atoms with Crippen LogP contribution in [0, 0.1) is 11.3 Å². The van der Waals surface area contributed by atoms with E-state index in [1.165, 1.54) is 0 Å². The van der Waals surface area contributed by atoms with Gasteiger partial charge in [-0.2, -0.15) is 18.4 Å². The number of carbonyl (C=O) groups is 1. The largest absolute Gasteiger partial charge is 0.478 e. The first-order chi connectivity index (χ1) is 8.28. The number of thioether (sulfide) groups is 1. The zero-order chi connectivity index (χ0) is 13.9. The van der Waals surface area contributed by atoms with Gasteiger partial charge in [-0.15, -0.1) is 11.6 Å². The zero-order valence-corrected chi connectivity index (χ0v) is 10.2. The van der Waals surface area contributed by atoms with Crippen molar-refractivity contribution in [3.05, 3.63) is 28.8 Å². The average molecular weight is 296 g/mol. The Kier molecular flexibility index (Phi) is 4.48. The number of alkyl halides is 4. The van der Waals surface area contributed by atoms with Crippen LogP contribution in [-0.2, 0) is 5.88 Å². The maximum absolute atomic E-state index is 12.2. The van der Waals surface area contributed by atoms with Crippen LogP contribution in [0.4, 0.5) is 13.2 Å². The van der Waals surface area contributed by atoms with Crippen LogP contribution in [0.5, 0.6) is 0 Å². The van der Waals surface area contributed by atoms with E-state index in [4.69, 9.17) is 22.0 Å². The summed E-state index contributed by atoms with van der Waals surface area (Å²) in [6.45, 7) is 0. The molecule has 0 aliphatic rings. The van der Waals surface area contributed by atoms with Gasteiger partial charge in [0.2, 0.25) is 0 Å². The molecule has 0 radical (unpaired) electrons. The van der Waals surface area contributed by atoms with Crippen molar-refractivity contribution in [2.24, 2.45) is 0 Å². The lowest BCUT2D eigenvalue weighted by Gasteiger charge is -2.10. The molecule has 0 unspecified atom stereocenters. The summed E-state index contributed by atoms with van der Waals surface area (Å²) in [5.74, 6) is -1.69. The van der Waals surface area contributed by atoms with Gasteiger partial charge in [0.15, 0.2) is 0 Å². The second-order valence-electron chi connectivity index (χ2n) is 3.10. The molecule has 0 amide bonds. The Hall–Kier alpha value is -1.39. The molecule has 18 heavy (non-hydrogen) atoms. The van der Waals surface area contributed by atoms with Crippen molar-refractivity contribution < 1.29 is 23.1 Å². The lowest BCUT2D eigenvalue weighted by Crippen LogP contribution is -2.06. The minimum absolute atomic E-state index is 0.0122. The van der Waals surface area contributed by atoms with Crippen LogP contribution in [-0.4, -0.2) is 16.6 Å². The highest BCUT2D eigenvalue weighted by Crippen LogP contribution is 2.38. The van der Waals surface area contributed by atoms with Gasteiger partial charge in [-0.3, -0.25) is 0 Å². The van der Waals surface area contributed by atoms with E-state index < -0.39 is 28.8 Å². The molecule has 0 saturated carbocycles. The van der Waals surface area contributed by atoms with Gasteiger partial charge < -0.3 is 5.11 Å². The molecule has 8 heteroatoms. The van der Waals surface area contributed by atoms with E-state index >= 15 is 0 Å². The number of rotatable bonds is 3. The van der Waals surface area contributed by atoms with Gasteiger partial charge in [-0.25, -0.2) is 4.79 Å². The van der Waals surface area contributed by atoms with Crippen molar-refractivity contribution in [3.63, 3.8) is 0 Å². The summed E-state index contributed by atoms with van der Waals surface area (Å²) < 4.78 is 36.6. The van der Waals surface area contributed by atoms with Crippen LogP contribution in [0.3, 0.4) is 0 Å². The molecule has 0 heterocycles. The van der Waals surface area contributed by atoms with E-state index in [0.717, 1.165) is 12.1 Å². The highest BCUT2D eigenvalue weighted by Gasteiger charge is 2.30.